The van der Waals surface area contributed by atoms with E-state index >= 15 is 0 Å². The topological polar surface area (TPSA) is 90.9 Å². The number of nitro benzene ring substituents is 1. The lowest BCUT2D eigenvalue weighted by Gasteiger charge is -2.04. The van der Waals surface area contributed by atoms with Gasteiger partial charge in [0.25, 0.3) is 5.69 Å². The van der Waals surface area contributed by atoms with Crippen LogP contribution in [-0.2, 0) is 0 Å². The highest BCUT2D eigenvalue weighted by Gasteiger charge is 2.20. The van der Waals surface area contributed by atoms with Crippen molar-refractivity contribution in [1.29, 1.82) is 0 Å². The lowest BCUT2D eigenvalue weighted by Crippen LogP contribution is -2.07. The largest absolute Gasteiger partial charge is 0.287 e. The summed E-state index contributed by atoms with van der Waals surface area (Å²) in [5.41, 5.74) is -0.0420. The van der Waals surface area contributed by atoms with E-state index in [0.717, 1.165) is 10.0 Å². The minimum absolute atomic E-state index is 0.0479. The predicted molar refractivity (Wildman–Crippen MR) is 83.2 cm³/mol. The number of carbonyl (C=O) groups excluding carboxylic acids is 1. The molecule has 0 aliphatic heterocycles. The van der Waals surface area contributed by atoms with Gasteiger partial charge in [0.15, 0.2) is 18.0 Å². The number of non-ortho nitro benzene ring substituents is 1. The molecule has 23 heavy (non-hydrogen) atoms. The van der Waals surface area contributed by atoms with Gasteiger partial charge in [-0.05, 0) is 17.7 Å². The third kappa shape index (κ3) is 2.76. The van der Waals surface area contributed by atoms with E-state index in [-0.39, 0.29) is 40.2 Å². The Labute approximate surface area is 137 Å². The molecule has 0 N–H and O–H groups in total. The zero-order chi connectivity index (χ0) is 16.6. The molecule has 1 aromatic carbocycles. The van der Waals surface area contributed by atoms with E-state index in [1.54, 1.807) is 0 Å². The van der Waals surface area contributed by atoms with Gasteiger partial charge in [0.1, 0.15) is 5.69 Å². The molecule has 0 amide bonds. The SMILES string of the molecule is O=C(c1cccc([N+](=O)[O-])c1)c1nc(Cl)nc2c1ccn2SF. The number of fused-ring (bicyclic) bond motifs is 1. The van der Waals surface area contributed by atoms with Gasteiger partial charge >= 0.3 is 0 Å². The molecule has 0 radical (unpaired) electrons. The van der Waals surface area contributed by atoms with Gasteiger partial charge in [-0.3, -0.25) is 14.9 Å². The summed E-state index contributed by atoms with van der Waals surface area (Å²) < 4.78 is 13.9. The minimum Gasteiger partial charge on any atom is -0.287 e. The normalized spacial score (nSPS) is 10.9. The maximum atomic E-state index is 12.8. The van der Waals surface area contributed by atoms with Crippen molar-refractivity contribution in [1.82, 2.24) is 13.9 Å². The molecule has 10 heteroatoms. The molecule has 0 atom stereocenters. The summed E-state index contributed by atoms with van der Waals surface area (Å²) >= 11 is 5.70. The first kappa shape index (κ1) is 15.4. The smallest absolute Gasteiger partial charge is 0.270 e. The second kappa shape index (κ2) is 5.94. The number of halogens is 2. The minimum atomic E-state index is -0.602. The lowest BCUT2D eigenvalue weighted by atomic mass is 10.1. The molecule has 2 aromatic heterocycles. The Hall–Kier alpha value is -2.52. The predicted octanol–water partition coefficient (Wildman–Crippen LogP) is 3.60. The number of benzene rings is 1. The van der Waals surface area contributed by atoms with Gasteiger partial charge in [0, 0.05) is 29.3 Å². The highest BCUT2D eigenvalue weighted by Crippen LogP contribution is 2.26. The van der Waals surface area contributed by atoms with Crippen LogP contribution in [0.5, 0.6) is 0 Å². The fraction of sp³-hybridized carbons (Fsp3) is 0. The second-order valence-electron chi connectivity index (χ2n) is 4.43. The van der Waals surface area contributed by atoms with E-state index in [2.05, 4.69) is 9.97 Å². The van der Waals surface area contributed by atoms with Crippen LogP contribution in [0.3, 0.4) is 0 Å². The molecular weight excluding hydrogens is 347 g/mol. The molecule has 0 saturated heterocycles. The van der Waals surface area contributed by atoms with Crippen molar-refractivity contribution in [3.63, 3.8) is 0 Å². The maximum Gasteiger partial charge on any atom is 0.270 e. The molecular formula is C13H6ClFN4O3S. The molecule has 0 aliphatic carbocycles. The molecule has 0 aliphatic rings. The van der Waals surface area contributed by atoms with E-state index in [4.69, 9.17) is 11.6 Å². The average molecular weight is 353 g/mol. The summed E-state index contributed by atoms with van der Waals surface area (Å²) in [4.78, 5) is 30.6. The van der Waals surface area contributed by atoms with E-state index in [9.17, 15) is 18.8 Å². The zero-order valence-electron chi connectivity index (χ0n) is 11.1. The quantitative estimate of drug-likeness (QED) is 0.308. The van der Waals surface area contributed by atoms with Crippen LogP contribution in [0, 0.1) is 10.1 Å². The van der Waals surface area contributed by atoms with Gasteiger partial charge in [-0.2, -0.15) is 4.98 Å². The molecule has 0 unspecified atom stereocenters. The Kier molecular flexibility index (Phi) is 3.97. The first-order valence-electron chi connectivity index (χ1n) is 6.14. The number of ketones is 1. The molecule has 3 rings (SSSR count). The number of nitrogens with zero attached hydrogens (tertiary/aromatic N) is 4. The highest BCUT2D eigenvalue weighted by molar-refractivity contribution is 7.92. The van der Waals surface area contributed by atoms with E-state index < -0.39 is 10.7 Å². The molecule has 0 fully saturated rings. The molecule has 0 saturated carbocycles. The van der Waals surface area contributed by atoms with E-state index in [0.29, 0.717) is 5.39 Å². The fourth-order valence-electron chi connectivity index (χ4n) is 2.09. The Morgan fingerprint density at radius 2 is 2.13 bits per heavy atom. The molecule has 0 bridgehead atoms. The van der Waals surface area contributed by atoms with Crippen LogP contribution in [0.15, 0.2) is 36.5 Å². The monoisotopic (exact) mass is 352 g/mol. The summed E-state index contributed by atoms with van der Waals surface area (Å²) in [6.45, 7) is 0. The molecule has 3 aromatic rings. The van der Waals surface area contributed by atoms with Crippen molar-refractivity contribution in [3.8, 4) is 0 Å². The summed E-state index contributed by atoms with van der Waals surface area (Å²) in [7, 11) is 0. The Morgan fingerprint density at radius 3 is 2.83 bits per heavy atom. The van der Waals surface area contributed by atoms with Crippen LogP contribution in [0.2, 0.25) is 5.28 Å². The third-order valence-electron chi connectivity index (χ3n) is 3.09. The van der Waals surface area contributed by atoms with Crippen molar-refractivity contribution >= 4 is 46.4 Å². The molecule has 116 valence electrons. The first-order chi connectivity index (χ1) is 11.0. The Bertz CT molecular complexity index is 946. The van der Waals surface area contributed by atoms with Crippen molar-refractivity contribution in [2.24, 2.45) is 0 Å². The van der Waals surface area contributed by atoms with E-state index in [1.807, 2.05) is 0 Å². The number of carbonyl (C=O) groups is 1. The van der Waals surface area contributed by atoms with Crippen LogP contribution in [0.25, 0.3) is 11.0 Å². The number of rotatable bonds is 4. The van der Waals surface area contributed by atoms with Crippen molar-refractivity contribution in [2.75, 3.05) is 0 Å². The van der Waals surface area contributed by atoms with Crippen molar-refractivity contribution in [3.05, 3.63) is 63.2 Å². The standard InChI is InChI=1S/C13H6ClFN4O3S/c14-13-16-10(9-4-5-18(23-15)12(9)17-13)11(20)7-2-1-3-8(6-7)19(21)22/h1-6H. The second-order valence-corrected chi connectivity index (χ2v) is 5.30. The summed E-state index contributed by atoms with van der Waals surface area (Å²) in [5.74, 6) is -0.565. The maximum absolute atomic E-state index is 12.8. The zero-order valence-corrected chi connectivity index (χ0v) is 12.7. The van der Waals surface area contributed by atoms with Crippen LogP contribution in [0.4, 0.5) is 9.57 Å². The van der Waals surface area contributed by atoms with Crippen LogP contribution < -0.4 is 0 Å². The van der Waals surface area contributed by atoms with Crippen LogP contribution >= 0.6 is 23.9 Å². The average Bonchev–Trinajstić information content (AvgIpc) is 2.96. The Morgan fingerprint density at radius 1 is 1.35 bits per heavy atom. The third-order valence-corrected chi connectivity index (χ3v) is 3.70. The lowest BCUT2D eigenvalue weighted by molar-refractivity contribution is -0.384. The van der Waals surface area contributed by atoms with Gasteiger partial charge in [0.05, 0.1) is 4.92 Å². The molecule has 7 nitrogen and oxygen atoms in total. The van der Waals surface area contributed by atoms with Gasteiger partial charge in [0.2, 0.25) is 11.1 Å². The fourth-order valence-corrected chi connectivity index (χ4v) is 2.57. The summed E-state index contributed by atoms with van der Waals surface area (Å²) in [5, 5.41) is 10.9. The van der Waals surface area contributed by atoms with E-state index in [1.165, 1.54) is 30.5 Å². The van der Waals surface area contributed by atoms with Gasteiger partial charge in [-0.15, -0.1) is 3.89 Å². The first-order valence-corrected chi connectivity index (χ1v) is 7.19. The highest BCUT2D eigenvalue weighted by atomic mass is 35.5. The van der Waals surface area contributed by atoms with Crippen LogP contribution in [0.1, 0.15) is 16.1 Å². The number of hydrogen-bond donors (Lipinski definition) is 0. The molecule has 2 heterocycles. The number of hydrogen-bond acceptors (Lipinski definition) is 6. The van der Waals surface area contributed by atoms with Crippen LogP contribution in [-0.4, -0.2) is 24.6 Å². The van der Waals surface area contributed by atoms with Gasteiger partial charge in [-0.1, -0.05) is 12.1 Å². The molecule has 0 spiro atoms. The number of nitro groups is 1. The summed E-state index contributed by atoms with van der Waals surface area (Å²) in [6, 6.07) is 6.72. The van der Waals surface area contributed by atoms with Crippen molar-refractivity contribution < 1.29 is 13.6 Å². The Balaban J connectivity index is 2.16. The van der Waals surface area contributed by atoms with Gasteiger partial charge < -0.3 is 0 Å². The van der Waals surface area contributed by atoms with Crippen molar-refractivity contribution in [2.45, 2.75) is 0 Å². The van der Waals surface area contributed by atoms with Gasteiger partial charge in [-0.25, -0.2) is 8.96 Å². The summed E-state index contributed by atoms with van der Waals surface area (Å²) in [6.07, 6.45) is 1.38. The number of aromatic nitrogens is 3.